The average molecular weight is 423 g/mol. The first kappa shape index (κ1) is 20.1. The van der Waals surface area contributed by atoms with Crippen molar-refractivity contribution in [3.8, 4) is 10.6 Å². The lowest BCUT2D eigenvalue weighted by atomic mass is 10.1. The summed E-state index contributed by atoms with van der Waals surface area (Å²) in [6, 6.07) is 5.23. The molecule has 1 aliphatic heterocycles. The molecule has 29 heavy (non-hydrogen) atoms. The summed E-state index contributed by atoms with van der Waals surface area (Å²) in [5, 5.41) is 3.00. The van der Waals surface area contributed by atoms with Crippen LogP contribution in [0, 0.1) is 0 Å². The van der Waals surface area contributed by atoms with Gasteiger partial charge < -0.3 is 9.30 Å². The van der Waals surface area contributed by atoms with E-state index in [1.165, 1.54) is 17.5 Å². The number of ketones is 1. The summed E-state index contributed by atoms with van der Waals surface area (Å²) in [5.74, 6) is -1.82. The number of nitrogens with zero attached hydrogens (tertiary/aromatic N) is 3. The van der Waals surface area contributed by atoms with E-state index in [0.29, 0.717) is 42.8 Å². The zero-order valence-electron chi connectivity index (χ0n) is 15.8. The van der Waals surface area contributed by atoms with E-state index in [1.807, 2.05) is 18.4 Å². The van der Waals surface area contributed by atoms with Gasteiger partial charge in [0.05, 0.1) is 24.5 Å². The Morgan fingerprint density at radius 2 is 2.03 bits per heavy atom. The van der Waals surface area contributed by atoms with Crippen molar-refractivity contribution >= 4 is 28.0 Å². The lowest BCUT2D eigenvalue weighted by Gasteiger charge is -2.25. The van der Waals surface area contributed by atoms with E-state index in [4.69, 9.17) is 4.74 Å². The third-order valence-corrected chi connectivity index (χ3v) is 5.95. The number of aryl methyl sites for hydroxylation is 1. The van der Waals surface area contributed by atoms with Crippen molar-refractivity contribution in [3.05, 3.63) is 41.0 Å². The summed E-state index contributed by atoms with van der Waals surface area (Å²) in [5.41, 5.74) is 1.92. The smallest absolute Gasteiger partial charge is 0.379 e. The molecule has 3 aromatic rings. The number of benzene rings is 1. The molecule has 5 nitrogen and oxygen atoms in total. The fraction of sp³-hybridized carbons (Fsp3) is 0.400. The zero-order valence-corrected chi connectivity index (χ0v) is 16.6. The molecule has 9 heteroatoms. The molecule has 0 amide bonds. The summed E-state index contributed by atoms with van der Waals surface area (Å²) in [6.07, 6.45) is -3.62. The largest absolute Gasteiger partial charge is 0.454 e. The predicted molar refractivity (Wildman–Crippen MR) is 105 cm³/mol. The number of hydrogen-bond acceptors (Lipinski definition) is 5. The van der Waals surface area contributed by atoms with Crippen LogP contribution in [0.15, 0.2) is 29.8 Å². The number of morpholine rings is 1. The van der Waals surface area contributed by atoms with Gasteiger partial charge in [0.25, 0.3) is 5.78 Å². The fourth-order valence-electron chi connectivity index (χ4n) is 3.53. The Balaban J connectivity index is 1.67. The minimum absolute atomic E-state index is 0.302. The number of carbonyl (C=O) groups excluding carboxylic acids is 1. The van der Waals surface area contributed by atoms with Crippen LogP contribution in [-0.4, -0.2) is 52.7 Å². The highest BCUT2D eigenvalue weighted by molar-refractivity contribution is 7.13. The van der Waals surface area contributed by atoms with Crippen LogP contribution in [-0.2, 0) is 17.8 Å². The van der Waals surface area contributed by atoms with Gasteiger partial charge in [0, 0.05) is 54.2 Å². The Hall–Kier alpha value is -2.23. The number of alkyl halides is 3. The van der Waals surface area contributed by atoms with Gasteiger partial charge in [-0.25, -0.2) is 4.98 Å². The first-order chi connectivity index (χ1) is 13.9. The van der Waals surface area contributed by atoms with Crippen LogP contribution in [0.5, 0.6) is 0 Å². The van der Waals surface area contributed by atoms with Crippen molar-refractivity contribution in [1.82, 2.24) is 14.5 Å². The number of hydrogen-bond donors (Lipinski definition) is 0. The molecule has 0 spiro atoms. The fourth-order valence-corrected chi connectivity index (χ4v) is 4.33. The quantitative estimate of drug-likeness (QED) is 0.572. The lowest BCUT2D eigenvalue weighted by Crippen LogP contribution is -2.35. The second kappa shape index (κ2) is 7.89. The summed E-state index contributed by atoms with van der Waals surface area (Å²) in [7, 11) is 0. The number of thiazole rings is 1. The maximum atomic E-state index is 13.0. The van der Waals surface area contributed by atoms with Gasteiger partial charge in [-0.05, 0) is 25.1 Å². The molecule has 3 heterocycles. The minimum atomic E-state index is -4.91. The number of rotatable bonds is 5. The van der Waals surface area contributed by atoms with Gasteiger partial charge in [-0.1, -0.05) is 0 Å². The number of aromatic nitrogens is 2. The summed E-state index contributed by atoms with van der Waals surface area (Å²) >= 11 is 1.45. The predicted octanol–water partition coefficient (Wildman–Crippen LogP) is 4.36. The Labute approximate surface area is 169 Å². The highest BCUT2D eigenvalue weighted by atomic mass is 32.1. The van der Waals surface area contributed by atoms with E-state index in [9.17, 15) is 18.0 Å². The Morgan fingerprint density at radius 1 is 1.28 bits per heavy atom. The van der Waals surface area contributed by atoms with E-state index >= 15 is 0 Å². The van der Waals surface area contributed by atoms with Crippen molar-refractivity contribution in [2.75, 3.05) is 26.3 Å². The molecule has 0 bridgehead atoms. The standard InChI is InChI=1S/C20H20F3N3O2S/c1-2-26-11-16(18(27)20(21,22)23)15-9-13(3-4-17(15)26)19-24-14(12-29-19)10-25-5-7-28-8-6-25/h3-4,9,11-12H,2,5-8,10H2,1H3. The molecule has 0 aliphatic carbocycles. The second-order valence-electron chi connectivity index (χ2n) is 6.92. The topological polar surface area (TPSA) is 47.4 Å². The molecule has 1 fully saturated rings. The van der Waals surface area contributed by atoms with Gasteiger partial charge in [-0.15, -0.1) is 11.3 Å². The van der Waals surface area contributed by atoms with Crippen LogP contribution in [0.2, 0.25) is 0 Å². The van der Waals surface area contributed by atoms with Crippen LogP contribution >= 0.6 is 11.3 Å². The number of fused-ring (bicyclic) bond motifs is 1. The van der Waals surface area contributed by atoms with Gasteiger partial charge in [0.1, 0.15) is 5.01 Å². The van der Waals surface area contributed by atoms with Crippen LogP contribution in [0.3, 0.4) is 0 Å². The van der Waals surface area contributed by atoms with Gasteiger partial charge in [-0.3, -0.25) is 9.69 Å². The molecule has 154 valence electrons. The molecule has 1 saturated heterocycles. The summed E-state index contributed by atoms with van der Waals surface area (Å²) in [4.78, 5) is 18.8. The SMILES string of the molecule is CCn1cc(C(=O)C(F)(F)F)c2cc(-c3nc(CN4CCOCC4)cs3)ccc21. The van der Waals surface area contributed by atoms with E-state index in [1.54, 1.807) is 16.7 Å². The molecule has 0 unspecified atom stereocenters. The first-order valence-electron chi connectivity index (χ1n) is 9.36. The van der Waals surface area contributed by atoms with E-state index in [-0.39, 0.29) is 5.56 Å². The number of ether oxygens (including phenoxy) is 1. The maximum absolute atomic E-state index is 13.0. The molecule has 0 radical (unpaired) electrons. The van der Waals surface area contributed by atoms with Gasteiger partial charge >= 0.3 is 6.18 Å². The third-order valence-electron chi connectivity index (χ3n) is 5.01. The van der Waals surface area contributed by atoms with E-state index in [0.717, 1.165) is 23.8 Å². The lowest BCUT2D eigenvalue weighted by molar-refractivity contribution is -0.0884. The molecule has 0 saturated carbocycles. The van der Waals surface area contributed by atoms with Crippen LogP contribution < -0.4 is 0 Å². The van der Waals surface area contributed by atoms with Crippen molar-refractivity contribution in [2.24, 2.45) is 0 Å². The molecule has 1 aliphatic rings. The average Bonchev–Trinajstić information content (AvgIpc) is 3.31. The molecular formula is C20H20F3N3O2S. The highest BCUT2D eigenvalue weighted by Crippen LogP contribution is 2.33. The zero-order chi connectivity index (χ0) is 20.6. The van der Waals surface area contributed by atoms with Crippen molar-refractivity contribution in [2.45, 2.75) is 26.2 Å². The summed E-state index contributed by atoms with van der Waals surface area (Å²) in [6.45, 7) is 6.14. The monoisotopic (exact) mass is 423 g/mol. The molecule has 0 N–H and O–H groups in total. The molecule has 2 aromatic heterocycles. The normalized spacial score (nSPS) is 15.9. The highest BCUT2D eigenvalue weighted by Gasteiger charge is 2.40. The first-order valence-corrected chi connectivity index (χ1v) is 10.2. The van der Waals surface area contributed by atoms with Crippen molar-refractivity contribution < 1.29 is 22.7 Å². The van der Waals surface area contributed by atoms with Gasteiger partial charge in [0.2, 0.25) is 0 Å². The molecule has 4 rings (SSSR count). The Bertz CT molecular complexity index is 1040. The van der Waals surface area contributed by atoms with Crippen LogP contribution in [0.25, 0.3) is 21.5 Å². The number of carbonyl (C=O) groups is 1. The second-order valence-corrected chi connectivity index (χ2v) is 7.78. The van der Waals surface area contributed by atoms with E-state index in [2.05, 4.69) is 9.88 Å². The Kier molecular flexibility index (Phi) is 5.46. The minimum Gasteiger partial charge on any atom is -0.379 e. The third kappa shape index (κ3) is 4.08. The van der Waals surface area contributed by atoms with Crippen LogP contribution in [0.4, 0.5) is 13.2 Å². The molecule has 0 atom stereocenters. The molecule has 1 aromatic carbocycles. The van der Waals surface area contributed by atoms with Gasteiger partial charge in [0.15, 0.2) is 0 Å². The Morgan fingerprint density at radius 3 is 2.72 bits per heavy atom. The van der Waals surface area contributed by atoms with E-state index < -0.39 is 12.0 Å². The molecular weight excluding hydrogens is 403 g/mol. The number of halogens is 3. The summed E-state index contributed by atoms with van der Waals surface area (Å²) < 4.78 is 46.1. The van der Waals surface area contributed by atoms with Crippen molar-refractivity contribution in [3.63, 3.8) is 0 Å². The maximum Gasteiger partial charge on any atom is 0.454 e. The number of Topliss-reactive ketones (excluding diaryl/α,β-unsaturated/α-hetero) is 1. The van der Waals surface area contributed by atoms with Crippen LogP contribution in [0.1, 0.15) is 23.0 Å². The van der Waals surface area contributed by atoms with Crippen molar-refractivity contribution in [1.29, 1.82) is 0 Å². The van der Waals surface area contributed by atoms with Gasteiger partial charge in [-0.2, -0.15) is 13.2 Å².